The standard InChI is InChI=1S/C22H42O2/c1-3-5-7-8-9-11-14-18-21(17-6-4-2)19-15-12-10-13-16-20-22(23)24/h16,20-21H,3-15,17-19H2,1-2H3,(H,23,24)/b20-16-. The normalized spacial score (nSPS) is 12.8. The summed E-state index contributed by atoms with van der Waals surface area (Å²) in [6.07, 6.45) is 24.4. The molecule has 0 aliphatic carbocycles. The molecule has 0 bridgehead atoms. The molecular weight excluding hydrogens is 296 g/mol. The summed E-state index contributed by atoms with van der Waals surface area (Å²) in [6, 6.07) is 0. The van der Waals surface area contributed by atoms with Crippen LogP contribution in [0.1, 0.15) is 117 Å². The van der Waals surface area contributed by atoms with Crippen LogP contribution in [0.15, 0.2) is 12.2 Å². The fraction of sp³-hybridized carbons (Fsp3) is 0.864. The zero-order chi connectivity index (χ0) is 17.9. The topological polar surface area (TPSA) is 37.3 Å². The van der Waals surface area contributed by atoms with Gasteiger partial charge in [-0.25, -0.2) is 4.79 Å². The Hall–Kier alpha value is -0.790. The van der Waals surface area contributed by atoms with E-state index in [4.69, 9.17) is 5.11 Å². The zero-order valence-electron chi connectivity index (χ0n) is 16.4. The van der Waals surface area contributed by atoms with Crippen molar-refractivity contribution in [3.8, 4) is 0 Å². The van der Waals surface area contributed by atoms with Crippen molar-refractivity contribution < 1.29 is 9.90 Å². The van der Waals surface area contributed by atoms with Crippen molar-refractivity contribution in [1.29, 1.82) is 0 Å². The molecule has 1 N–H and O–H groups in total. The van der Waals surface area contributed by atoms with Gasteiger partial charge in [0.2, 0.25) is 0 Å². The van der Waals surface area contributed by atoms with E-state index in [1.54, 1.807) is 6.08 Å². The molecule has 0 saturated heterocycles. The SMILES string of the molecule is CCCCCCCCCC(CCCC)CCCCC/C=C\C(=O)O. The number of carboxylic acids is 1. The Bertz CT molecular complexity index is 296. The van der Waals surface area contributed by atoms with Crippen molar-refractivity contribution in [1.82, 2.24) is 0 Å². The summed E-state index contributed by atoms with van der Waals surface area (Å²) in [4.78, 5) is 10.4. The van der Waals surface area contributed by atoms with Crippen LogP contribution in [0.4, 0.5) is 0 Å². The fourth-order valence-corrected chi connectivity index (χ4v) is 3.37. The van der Waals surface area contributed by atoms with Gasteiger partial charge in [0, 0.05) is 6.08 Å². The third kappa shape index (κ3) is 17.6. The summed E-state index contributed by atoms with van der Waals surface area (Å²) in [5.41, 5.74) is 0. The van der Waals surface area contributed by atoms with E-state index in [9.17, 15) is 4.79 Å². The fourth-order valence-electron chi connectivity index (χ4n) is 3.37. The lowest BCUT2D eigenvalue weighted by Crippen LogP contribution is -2.01. The summed E-state index contributed by atoms with van der Waals surface area (Å²) >= 11 is 0. The number of carboxylic acid groups (broad SMARTS) is 1. The molecule has 0 fully saturated rings. The molecule has 2 heteroatoms. The molecular formula is C22H42O2. The first kappa shape index (κ1) is 23.2. The molecule has 0 amide bonds. The minimum absolute atomic E-state index is 0.829. The first-order valence-corrected chi connectivity index (χ1v) is 10.6. The van der Waals surface area contributed by atoms with Gasteiger partial charge in [0.05, 0.1) is 0 Å². The molecule has 0 aromatic heterocycles. The highest BCUT2D eigenvalue weighted by molar-refractivity contribution is 5.79. The molecule has 0 spiro atoms. The average molecular weight is 339 g/mol. The molecule has 0 radical (unpaired) electrons. The number of unbranched alkanes of at least 4 members (excludes halogenated alkanes) is 10. The van der Waals surface area contributed by atoms with E-state index in [1.165, 1.54) is 96.0 Å². The third-order valence-electron chi connectivity index (χ3n) is 4.93. The second kappa shape index (κ2) is 18.5. The van der Waals surface area contributed by atoms with E-state index < -0.39 is 5.97 Å². The highest BCUT2D eigenvalue weighted by Crippen LogP contribution is 2.23. The van der Waals surface area contributed by atoms with E-state index in [1.807, 2.05) is 0 Å². The largest absolute Gasteiger partial charge is 0.478 e. The zero-order valence-corrected chi connectivity index (χ0v) is 16.4. The van der Waals surface area contributed by atoms with Gasteiger partial charge in [-0.2, -0.15) is 0 Å². The van der Waals surface area contributed by atoms with Gasteiger partial charge in [0.1, 0.15) is 0 Å². The van der Waals surface area contributed by atoms with Gasteiger partial charge in [-0.05, 0) is 18.8 Å². The van der Waals surface area contributed by atoms with E-state index in [0.717, 1.165) is 18.8 Å². The third-order valence-corrected chi connectivity index (χ3v) is 4.93. The van der Waals surface area contributed by atoms with Gasteiger partial charge >= 0.3 is 5.97 Å². The first-order valence-electron chi connectivity index (χ1n) is 10.6. The van der Waals surface area contributed by atoms with E-state index in [2.05, 4.69) is 13.8 Å². The lowest BCUT2D eigenvalue weighted by atomic mass is 9.90. The second-order valence-corrected chi connectivity index (χ2v) is 7.30. The van der Waals surface area contributed by atoms with Crippen molar-refractivity contribution in [3.63, 3.8) is 0 Å². The molecule has 0 aromatic rings. The van der Waals surface area contributed by atoms with Crippen LogP contribution in [-0.4, -0.2) is 11.1 Å². The molecule has 0 aliphatic rings. The summed E-state index contributed by atoms with van der Waals surface area (Å²) in [7, 11) is 0. The van der Waals surface area contributed by atoms with Crippen molar-refractivity contribution in [2.24, 2.45) is 5.92 Å². The lowest BCUT2D eigenvalue weighted by Gasteiger charge is -2.16. The highest BCUT2D eigenvalue weighted by atomic mass is 16.4. The first-order chi connectivity index (χ1) is 11.7. The van der Waals surface area contributed by atoms with Gasteiger partial charge in [0.25, 0.3) is 0 Å². The van der Waals surface area contributed by atoms with Gasteiger partial charge in [-0.3, -0.25) is 0 Å². The van der Waals surface area contributed by atoms with Gasteiger partial charge in [-0.15, -0.1) is 0 Å². The molecule has 24 heavy (non-hydrogen) atoms. The van der Waals surface area contributed by atoms with Crippen LogP contribution < -0.4 is 0 Å². The predicted octanol–water partition coefficient (Wildman–Crippen LogP) is 7.52. The summed E-state index contributed by atoms with van der Waals surface area (Å²) in [5, 5.41) is 8.55. The quantitative estimate of drug-likeness (QED) is 0.207. The van der Waals surface area contributed by atoms with Crippen LogP contribution in [0.5, 0.6) is 0 Å². The van der Waals surface area contributed by atoms with Gasteiger partial charge < -0.3 is 5.11 Å². The van der Waals surface area contributed by atoms with Crippen LogP contribution >= 0.6 is 0 Å². The van der Waals surface area contributed by atoms with Crippen molar-refractivity contribution in [2.75, 3.05) is 0 Å². The number of hydrogen-bond donors (Lipinski definition) is 1. The maximum Gasteiger partial charge on any atom is 0.327 e. The Morgan fingerprint density at radius 3 is 1.83 bits per heavy atom. The number of hydrogen-bond acceptors (Lipinski definition) is 1. The van der Waals surface area contributed by atoms with Crippen LogP contribution in [0.2, 0.25) is 0 Å². The molecule has 0 rings (SSSR count). The second-order valence-electron chi connectivity index (χ2n) is 7.30. The molecule has 0 saturated carbocycles. The Kier molecular flexibility index (Phi) is 17.9. The van der Waals surface area contributed by atoms with E-state index in [-0.39, 0.29) is 0 Å². The smallest absolute Gasteiger partial charge is 0.327 e. The van der Waals surface area contributed by atoms with E-state index in [0.29, 0.717) is 0 Å². The Labute approximate surface area is 151 Å². The molecule has 1 unspecified atom stereocenters. The van der Waals surface area contributed by atoms with Crippen LogP contribution in [0.3, 0.4) is 0 Å². The maximum absolute atomic E-state index is 10.4. The van der Waals surface area contributed by atoms with Crippen molar-refractivity contribution in [3.05, 3.63) is 12.2 Å². The maximum atomic E-state index is 10.4. The molecule has 0 aliphatic heterocycles. The lowest BCUT2D eigenvalue weighted by molar-refractivity contribution is -0.131. The number of rotatable bonds is 18. The van der Waals surface area contributed by atoms with Gasteiger partial charge in [-0.1, -0.05) is 110 Å². The average Bonchev–Trinajstić information content (AvgIpc) is 2.56. The molecule has 1 atom stereocenters. The summed E-state index contributed by atoms with van der Waals surface area (Å²) in [5.74, 6) is 0.0967. The summed E-state index contributed by atoms with van der Waals surface area (Å²) in [6.45, 7) is 4.57. The van der Waals surface area contributed by atoms with E-state index >= 15 is 0 Å². The predicted molar refractivity (Wildman–Crippen MR) is 105 cm³/mol. The summed E-state index contributed by atoms with van der Waals surface area (Å²) < 4.78 is 0. The Morgan fingerprint density at radius 1 is 0.750 bits per heavy atom. The number of aliphatic carboxylic acids is 1. The molecule has 0 aromatic carbocycles. The van der Waals surface area contributed by atoms with Crippen molar-refractivity contribution >= 4 is 5.97 Å². The minimum Gasteiger partial charge on any atom is -0.478 e. The Morgan fingerprint density at radius 2 is 1.25 bits per heavy atom. The number of carbonyl (C=O) groups is 1. The molecule has 0 heterocycles. The van der Waals surface area contributed by atoms with Crippen LogP contribution in [-0.2, 0) is 4.79 Å². The highest BCUT2D eigenvalue weighted by Gasteiger charge is 2.08. The van der Waals surface area contributed by atoms with Crippen LogP contribution in [0.25, 0.3) is 0 Å². The molecule has 142 valence electrons. The number of allylic oxidation sites excluding steroid dienone is 1. The van der Waals surface area contributed by atoms with Crippen molar-refractivity contribution in [2.45, 2.75) is 117 Å². The Balaban J connectivity index is 3.67. The monoisotopic (exact) mass is 338 g/mol. The minimum atomic E-state index is -0.829. The van der Waals surface area contributed by atoms with Gasteiger partial charge in [0.15, 0.2) is 0 Å². The van der Waals surface area contributed by atoms with Crippen LogP contribution in [0, 0.1) is 5.92 Å². The molecule has 2 nitrogen and oxygen atoms in total.